The van der Waals surface area contributed by atoms with E-state index in [4.69, 9.17) is 19.5 Å². The van der Waals surface area contributed by atoms with Crippen molar-refractivity contribution in [3.05, 3.63) is 12.7 Å². The van der Waals surface area contributed by atoms with Gasteiger partial charge in [-0.1, -0.05) is 51.3 Å². The number of unbranched alkanes of at least 4 members (excludes halogenated alkanes) is 6. The van der Waals surface area contributed by atoms with Crippen LogP contribution in [0.3, 0.4) is 0 Å². The number of nitrogens with two attached hydrogens (primary N) is 1. The molecule has 1 aliphatic heterocycles. The standard InChI is InChI=1S/C31H52N7O18P3S/c1-31(2,26(43)29(44)34-12-11-21(40)33-13-15-60-22(41)10-8-6-4-3-5-7-9-14-39)17-53-59(50,51)56-58(48,49)52-16-20-25(55-57(45,46)47)24(42)30(54-20)38-19-37-23-27(32)35-18-36-28(23)38/h14,18-20,24-26,30,42-43H,3-13,15-17H2,1-2H3,(H,33,40)(H,34,44)(H,48,49)(H,50,51)(H2,32,35,36)(H2,45,46,47)/t20-,24-,25-,26?,30-/m1/s1. The van der Waals surface area contributed by atoms with E-state index >= 15 is 0 Å². The molecule has 0 saturated carbocycles. The number of carbonyl (C=O) groups is 4. The van der Waals surface area contributed by atoms with Gasteiger partial charge in [-0.15, -0.1) is 0 Å². The second kappa shape index (κ2) is 23.6. The first-order valence-corrected chi connectivity index (χ1v) is 24.0. The van der Waals surface area contributed by atoms with Crippen LogP contribution in [-0.4, -0.2) is 129 Å². The Morgan fingerprint density at radius 3 is 2.33 bits per heavy atom. The van der Waals surface area contributed by atoms with Gasteiger partial charge in [-0.3, -0.25) is 32.5 Å². The Morgan fingerprint density at radius 2 is 1.65 bits per heavy atom. The van der Waals surface area contributed by atoms with Gasteiger partial charge in [-0.05, 0) is 12.8 Å². The number of ether oxygens (including phenoxy) is 1. The lowest BCUT2D eigenvalue weighted by atomic mass is 9.87. The molecular formula is C31H52N7O18P3S. The number of nitrogens with one attached hydrogen (secondary N) is 2. The number of aliphatic hydroxyl groups is 2. The number of amides is 2. The number of nitrogens with zero attached hydrogens (tertiary/aromatic N) is 4. The smallest absolute Gasteiger partial charge is 0.386 e. The van der Waals surface area contributed by atoms with Crippen molar-refractivity contribution in [2.75, 3.05) is 37.8 Å². The van der Waals surface area contributed by atoms with E-state index in [-0.39, 0.29) is 41.6 Å². The zero-order chi connectivity index (χ0) is 44.7. The molecule has 1 fully saturated rings. The number of phosphoric acid groups is 3. The highest BCUT2D eigenvalue weighted by molar-refractivity contribution is 8.13. The number of anilines is 1. The average Bonchev–Trinajstić information content (AvgIpc) is 3.72. The number of imidazole rings is 1. The highest BCUT2D eigenvalue weighted by Gasteiger charge is 2.50. The van der Waals surface area contributed by atoms with E-state index < -0.39 is 84.6 Å². The highest BCUT2D eigenvalue weighted by atomic mass is 32.2. The van der Waals surface area contributed by atoms with Gasteiger partial charge in [0.25, 0.3) is 0 Å². The molecule has 10 N–H and O–H groups in total. The molecule has 2 aromatic rings. The third kappa shape index (κ3) is 17.2. The molecule has 1 saturated heterocycles. The van der Waals surface area contributed by atoms with E-state index in [1.54, 1.807) is 0 Å². The molecule has 0 radical (unpaired) electrons. The molecule has 7 atom stereocenters. The van der Waals surface area contributed by atoms with Crippen LogP contribution >= 0.6 is 35.2 Å². The lowest BCUT2D eigenvalue weighted by molar-refractivity contribution is -0.137. The molecule has 0 aromatic carbocycles. The van der Waals surface area contributed by atoms with E-state index in [0.717, 1.165) is 73.8 Å². The Kier molecular flexibility index (Phi) is 20.3. The lowest BCUT2D eigenvalue weighted by Crippen LogP contribution is -2.46. The van der Waals surface area contributed by atoms with Gasteiger partial charge < -0.3 is 55.7 Å². The Morgan fingerprint density at radius 1 is 0.983 bits per heavy atom. The van der Waals surface area contributed by atoms with Crippen molar-refractivity contribution < 1.29 is 85.3 Å². The minimum atomic E-state index is -5.58. The number of aromatic nitrogens is 4. The van der Waals surface area contributed by atoms with Crippen molar-refractivity contribution in [2.45, 2.75) is 102 Å². The molecule has 29 heteroatoms. The van der Waals surface area contributed by atoms with Crippen LogP contribution in [0.25, 0.3) is 11.2 Å². The highest BCUT2D eigenvalue weighted by Crippen LogP contribution is 2.61. The predicted octanol–water partition coefficient (Wildman–Crippen LogP) is 0.984. The first kappa shape index (κ1) is 51.6. The molecular weight excluding hydrogens is 883 g/mol. The Balaban J connectivity index is 1.40. The third-order valence-corrected chi connectivity index (χ3v) is 12.8. The molecule has 60 heavy (non-hydrogen) atoms. The van der Waals surface area contributed by atoms with Gasteiger partial charge in [0.2, 0.25) is 11.8 Å². The number of aldehydes is 1. The Bertz CT molecular complexity index is 1900. The molecule has 25 nitrogen and oxygen atoms in total. The number of phosphoric ester groups is 3. The van der Waals surface area contributed by atoms with Crippen molar-refractivity contribution in [3.8, 4) is 0 Å². The number of carbonyl (C=O) groups excluding carboxylic acids is 4. The Hall–Kier alpha value is -2.77. The second-order valence-corrected chi connectivity index (χ2v) is 19.5. The van der Waals surface area contributed by atoms with Gasteiger partial charge in [0.15, 0.2) is 22.8 Å². The van der Waals surface area contributed by atoms with Gasteiger partial charge in [-0.25, -0.2) is 28.6 Å². The van der Waals surface area contributed by atoms with E-state index in [1.807, 2.05) is 0 Å². The molecule has 340 valence electrons. The van der Waals surface area contributed by atoms with Crippen LogP contribution in [0.5, 0.6) is 0 Å². The monoisotopic (exact) mass is 935 g/mol. The zero-order valence-corrected chi connectivity index (χ0v) is 36.2. The Labute approximate surface area is 348 Å². The second-order valence-electron chi connectivity index (χ2n) is 14.1. The summed E-state index contributed by atoms with van der Waals surface area (Å²) in [4.78, 5) is 98.1. The molecule has 3 rings (SSSR count). The number of hydrogen-bond acceptors (Lipinski definition) is 19. The summed E-state index contributed by atoms with van der Waals surface area (Å²) in [6.45, 7) is 0.488. The summed E-state index contributed by atoms with van der Waals surface area (Å²) in [6.07, 6.45) is 0.547. The SMILES string of the molecule is CC(C)(COP(=O)(O)OP(=O)(O)OC[C@H]1O[C@@H](n2cnc3c(N)ncnc32)[C@H](O)[C@@H]1OP(=O)(O)O)C(O)C(=O)NCCC(=O)NCCSC(=O)CCCCCCCCC=O. The van der Waals surface area contributed by atoms with Crippen molar-refractivity contribution in [2.24, 2.45) is 5.41 Å². The maximum absolute atomic E-state index is 12.7. The summed E-state index contributed by atoms with van der Waals surface area (Å²) in [7, 11) is -16.4. The van der Waals surface area contributed by atoms with Crippen LogP contribution in [0.2, 0.25) is 0 Å². The van der Waals surface area contributed by atoms with Gasteiger partial charge >= 0.3 is 23.5 Å². The number of nitrogen functional groups attached to an aromatic ring is 1. The van der Waals surface area contributed by atoms with Crippen LogP contribution in [0.1, 0.15) is 77.9 Å². The number of rotatable bonds is 28. The molecule has 0 bridgehead atoms. The van der Waals surface area contributed by atoms with Gasteiger partial charge in [0, 0.05) is 43.5 Å². The van der Waals surface area contributed by atoms with Crippen molar-refractivity contribution in [1.29, 1.82) is 0 Å². The van der Waals surface area contributed by atoms with Crippen molar-refractivity contribution >= 4 is 75.4 Å². The molecule has 3 unspecified atom stereocenters. The van der Waals surface area contributed by atoms with Crippen LogP contribution in [0.15, 0.2) is 12.7 Å². The first-order valence-electron chi connectivity index (χ1n) is 18.5. The third-order valence-electron chi connectivity index (χ3n) is 8.72. The number of fused-ring (bicyclic) bond motifs is 1. The molecule has 0 spiro atoms. The number of thioether (sulfide) groups is 1. The summed E-state index contributed by atoms with van der Waals surface area (Å²) in [5.74, 6) is -1.10. The topological polar surface area (TPSA) is 381 Å². The fourth-order valence-corrected chi connectivity index (χ4v) is 9.12. The maximum atomic E-state index is 12.7. The maximum Gasteiger partial charge on any atom is 0.481 e. The summed E-state index contributed by atoms with van der Waals surface area (Å²) in [6, 6.07) is 0. The van der Waals surface area contributed by atoms with E-state index in [9.17, 15) is 62.7 Å². The summed E-state index contributed by atoms with van der Waals surface area (Å²) in [5, 5.41) is 26.5. The number of aliphatic hydroxyl groups excluding tert-OH is 2. The largest absolute Gasteiger partial charge is 0.481 e. The summed E-state index contributed by atoms with van der Waals surface area (Å²) >= 11 is 1.11. The van der Waals surface area contributed by atoms with Gasteiger partial charge in [-0.2, -0.15) is 4.31 Å². The van der Waals surface area contributed by atoms with Crippen molar-refractivity contribution in [1.82, 2.24) is 30.2 Å². The van der Waals surface area contributed by atoms with Crippen LogP contribution in [-0.2, 0) is 55.5 Å². The fraction of sp³-hybridized carbons (Fsp3) is 0.710. The van der Waals surface area contributed by atoms with Crippen LogP contribution in [0.4, 0.5) is 5.82 Å². The zero-order valence-electron chi connectivity index (χ0n) is 32.7. The lowest BCUT2D eigenvalue weighted by Gasteiger charge is -2.30. The summed E-state index contributed by atoms with van der Waals surface area (Å²) in [5.41, 5.74) is 4.26. The fourth-order valence-electron chi connectivity index (χ4n) is 5.57. The van der Waals surface area contributed by atoms with E-state index in [1.165, 1.54) is 13.8 Å². The van der Waals surface area contributed by atoms with Crippen LogP contribution in [0, 0.1) is 5.41 Å². The molecule has 2 aromatic heterocycles. The normalized spacial score (nSPS) is 20.9. The summed E-state index contributed by atoms with van der Waals surface area (Å²) < 4.78 is 62.2. The van der Waals surface area contributed by atoms with E-state index in [2.05, 4.69) is 34.4 Å². The molecule has 0 aliphatic carbocycles. The van der Waals surface area contributed by atoms with Gasteiger partial charge in [0.1, 0.15) is 42.5 Å². The predicted molar refractivity (Wildman–Crippen MR) is 210 cm³/mol. The molecule has 3 heterocycles. The minimum Gasteiger partial charge on any atom is -0.386 e. The first-order chi connectivity index (χ1) is 28.1. The minimum absolute atomic E-state index is 0.0159. The average molecular weight is 936 g/mol. The quantitative estimate of drug-likeness (QED) is 0.0326. The molecule has 1 aliphatic rings. The van der Waals surface area contributed by atoms with Crippen molar-refractivity contribution in [3.63, 3.8) is 0 Å². The van der Waals surface area contributed by atoms with Gasteiger partial charge in [0.05, 0.1) is 19.5 Å². The van der Waals surface area contributed by atoms with E-state index in [0.29, 0.717) is 18.6 Å². The number of hydrogen-bond donors (Lipinski definition) is 9. The molecule has 2 amide bonds. The van der Waals surface area contributed by atoms with Crippen LogP contribution < -0.4 is 16.4 Å².